The summed E-state index contributed by atoms with van der Waals surface area (Å²) in [5, 5.41) is 21.5. The van der Waals surface area contributed by atoms with Crippen LogP contribution in [0.2, 0.25) is 0 Å². The Hall–Kier alpha value is -1.10. The summed E-state index contributed by atoms with van der Waals surface area (Å²) in [7, 11) is 1.67. The molecule has 0 aliphatic heterocycles. The highest BCUT2D eigenvalue weighted by molar-refractivity contribution is 5.37. The van der Waals surface area contributed by atoms with Gasteiger partial charge in [-0.2, -0.15) is 0 Å². The maximum Gasteiger partial charge on any atom is 0.119 e. The van der Waals surface area contributed by atoms with Gasteiger partial charge >= 0.3 is 0 Å². The van der Waals surface area contributed by atoms with E-state index in [1.54, 1.807) is 7.11 Å². The number of rotatable bonds is 5. The number of hydrogen-bond acceptors (Lipinski definition) is 4. The number of methoxy groups -OCH3 is 1. The summed E-state index contributed by atoms with van der Waals surface area (Å²) in [4.78, 5) is 0. The molecule has 1 unspecified atom stereocenters. The number of aliphatic hydroxyl groups excluding tert-OH is 2. The van der Waals surface area contributed by atoms with Crippen LogP contribution in [0.4, 0.5) is 0 Å². The number of nitrogens with one attached hydrogen (secondary N) is 1. The van der Waals surface area contributed by atoms with E-state index in [-0.39, 0.29) is 19.3 Å². The summed E-state index contributed by atoms with van der Waals surface area (Å²) in [6.07, 6.45) is 2.99. The molecule has 0 spiro atoms. The van der Waals surface area contributed by atoms with Gasteiger partial charge in [-0.25, -0.2) is 0 Å². The first kappa shape index (κ1) is 13.3. The van der Waals surface area contributed by atoms with Crippen molar-refractivity contribution in [2.45, 2.75) is 31.3 Å². The molecule has 4 nitrogen and oxygen atoms in total. The number of fused-ring (bicyclic) bond motifs is 1. The highest BCUT2D eigenvalue weighted by Gasteiger charge is 2.21. The van der Waals surface area contributed by atoms with E-state index >= 15 is 0 Å². The van der Waals surface area contributed by atoms with E-state index in [1.165, 1.54) is 11.1 Å². The lowest BCUT2D eigenvalue weighted by molar-refractivity contribution is 0.159. The largest absolute Gasteiger partial charge is 0.497 e. The fourth-order valence-corrected chi connectivity index (χ4v) is 2.50. The zero-order valence-corrected chi connectivity index (χ0v) is 10.7. The molecule has 1 aliphatic rings. The first-order valence-corrected chi connectivity index (χ1v) is 6.40. The van der Waals surface area contributed by atoms with E-state index in [1.807, 2.05) is 6.07 Å². The van der Waals surface area contributed by atoms with Gasteiger partial charge in [-0.05, 0) is 42.5 Å². The average molecular weight is 251 g/mol. The van der Waals surface area contributed by atoms with Gasteiger partial charge in [0.2, 0.25) is 0 Å². The standard InChI is InChI=1S/C14H21NO3/c1-18-14-5-3-10-2-4-12(6-11(10)7-14)15-13(8-16)9-17/h3,5,7,12-13,15-17H,2,4,6,8-9H2,1H3. The molecule has 1 aliphatic carbocycles. The van der Waals surface area contributed by atoms with Gasteiger partial charge in [0.05, 0.1) is 26.4 Å². The van der Waals surface area contributed by atoms with Gasteiger partial charge in [0.1, 0.15) is 5.75 Å². The molecule has 0 aromatic heterocycles. The first-order valence-electron chi connectivity index (χ1n) is 6.40. The topological polar surface area (TPSA) is 61.7 Å². The third-order valence-corrected chi connectivity index (χ3v) is 3.55. The Kier molecular flexibility index (Phi) is 4.58. The second-order valence-electron chi connectivity index (χ2n) is 4.80. The zero-order chi connectivity index (χ0) is 13.0. The Balaban J connectivity index is 2.04. The van der Waals surface area contributed by atoms with Crippen LogP contribution in [0.5, 0.6) is 5.75 Å². The molecule has 1 aromatic rings. The Morgan fingerprint density at radius 3 is 2.78 bits per heavy atom. The molecule has 1 atom stereocenters. The van der Waals surface area contributed by atoms with Crippen LogP contribution in [0.15, 0.2) is 18.2 Å². The van der Waals surface area contributed by atoms with Gasteiger partial charge in [-0.15, -0.1) is 0 Å². The van der Waals surface area contributed by atoms with Crippen LogP contribution in [0, 0.1) is 0 Å². The van der Waals surface area contributed by atoms with Crippen LogP contribution < -0.4 is 10.1 Å². The van der Waals surface area contributed by atoms with Gasteiger partial charge in [-0.1, -0.05) is 6.07 Å². The van der Waals surface area contributed by atoms with Crippen molar-refractivity contribution in [3.05, 3.63) is 29.3 Å². The predicted molar refractivity (Wildman–Crippen MR) is 69.9 cm³/mol. The van der Waals surface area contributed by atoms with E-state index in [0.29, 0.717) is 6.04 Å². The minimum absolute atomic E-state index is 0.0298. The minimum atomic E-state index is -0.220. The van der Waals surface area contributed by atoms with Gasteiger partial charge < -0.3 is 20.3 Å². The second-order valence-corrected chi connectivity index (χ2v) is 4.80. The highest BCUT2D eigenvalue weighted by Crippen LogP contribution is 2.25. The lowest BCUT2D eigenvalue weighted by Gasteiger charge is -2.28. The SMILES string of the molecule is COc1ccc2c(c1)CC(NC(CO)CO)CC2. The molecule has 0 amide bonds. The van der Waals surface area contributed by atoms with Crippen molar-refractivity contribution in [1.29, 1.82) is 0 Å². The number of hydrogen-bond donors (Lipinski definition) is 3. The highest BCUT2D eigenvalue weighted by atomic mass is 16.5. The smallest absolute Gasteiger partial charge is 0.119 e. The predicted octanol–water partition coefficient (Wildman–Crippen LogP) is 0.495. The molecule has 0 saturated heterocycles. The second kappa shape index (κ2) is 6.18. The number of aryl methyl sites for hydroxylation is 1. The Morgan fingerprint density at radius 2 is 2.11 bits per heavy atom. The van der Waals surface area contributed by atoms with Crippen molar-refractivity contribution in [1.82, 2.24) is 5.32 Å². The molecule has 100 valence electrons. The summed E-state index contributed by atoms with van der Waals surface area (Å²) in [5.41, 5.74) is 2.67. The van der Waals surface area contributed by atoms with Gasteiger partial charge in [-0.3, -0.25) is 0 Å². The van der Waals surface area contributed by atoms with Crippen LogP contribution >= 0.6 is 0 Å². The number of benzene rings is 1. The lowest BCUT2D eigenvalue weighted by atomic mass is 9.88. The van der Waals surface area contributed by atoms with E-state index in [2.05, 4.69) is 17.4 Å². The summed E-state index contributed by atoms with van der Waals surface area (Å²) in [6, 6.07) is 6.29. The van der Waals surface area contributed by atoms with Crippen LogP contribution in [0.1, 0.15) is 17.5 Å². The molecule has 0 saturated carbocycles. The third kappa shape index (κ3) is 3.02. The first-order chi connectivity index (χ1) is 8.76. The molecule has 4 heteroatoms. The van der Waals surface area contributed by atoms with Crippen LogP contribution in [0.25, 0.3) is 0 Å². The number of ether oxygens (including phenoxy) is 1. The van der Waals surface area contributed by atoms with Crippen LogP contribution in [-0.4, -0.2) is 42.6 Å². The quantitative estimate of drug-likeness (QED) is 0.713. The molecule has 0 bridgehead atoms. The van der Waals surface area contributed by atoms with Crippen molar-refractivity contribution >= 4 is 0 Å². The molecule has 18 heavy (non-hydrogen) atoms. The molecule has 0 fully saturated rings. The fourth-order valence-electron chi connectivity index (χ4n) is 2.50. The third-order valence-electron chi connectivity index (χ3n) is 3.55. The van der Waals surface area contributed by atoms with E-state index in [0.717, 1.165) is 25.0 Å². The van der Waals surface area contributed by atoms with E-state index in [9.17, 15) is 0 Å². The van der Waals surface area contributed by atoms with Crippen LogP contribution in [0.3, 0.4) is 0 Å². The van der Waals surface area contributed by atoms with Crippen molar-refractivity contribution in [3.8, 4) is 5.75 Å². The summed E-state index contributed by atoms with van der Waals surface area (Å²) < 4.78 is 5.24. The van der Waals surface area contributed by atoms with E-state index in [4.69, 9.17) is 14.9 Å². The van der Waals surface area contributed by atoms with Crippen molar-refractivity contribution in [3.63, 3.8) is 0 Å². The van der Waals surface area contributed by atoms with Crippen molar-refractivity contribution < 1.29 is 14.9 Å². The molecule has 2 rings (SSSR count). The normalized spacial score (nSPS) is 18.8. The van der Waals surface area contributed by atoms with Gasteiger partial charge in [0.15, 0.2) is 0 Å². The zero-order valence-electron chi connectivity index (χ0n) is 10.7. The monoisotopic (exact) mass is 251 g/mol. The Morgan fingerprint density at radius 1 is 1.33 bits per heavy atom. The molecular weight excluding hydrogens is 230 g/mol. The number of aliphatic hydroxyl groups is 2. The van der Waals surface area contributed by atoms with Gasteiger partial charge in [0.25, 0.3) is 0 Å². The maximum absolute atomic E-state index is 9.09. The minimum Gasteiger partial charge on any atom is -0.497 e. The van der Waals surface area contributed by atoms with Crippen molar-refractivity contribution in [2.75, 3.05) is 20.3 Å². The summed E-state index contributed by atoms with van der Waals surface area (Å²) in [5.74, 6) is 0.885. The van der Waals surface area contributed by atoms with E-state index < -0.39 is 0 Å². The summed E-state index contributed by atoms with van der Waals surface area (Å²) in [6.45, 7) is -0.0596. The molecule has 0 heterocycles. The van der Waals surface area contributed by atoms with Crippen molar-refractivity contribution in [2.24, 2.45) is 0 Å². The maximum atomic E-state index is 9.09. The molecular formula is C14H21NO3. The molecule has 0 radical (unpaired) electrons. The Labute approximate surface area is 108 Å². The fraction of sp³-hybridized carbons (Fsp3) is 0.571. The summed E-state index contributed by atoms with van der Waals surface area (Å²) >= 11 is 0. The Bertz CT molecular complexity index is 391. The molecule has 1 aromatic carbocycles. The lowest BCUT2D eigenvalue weighted by Crippen LogP contribution is -2.45. The van der Waals surface area contributed by atoms with Crippen LogP contribution in [-0.2, 0) is 12.8 Å². The molecule has 3 N–H and O–H groups in total. The average Bonchev–Trinajstić information content (AvgIpc) is 2.43. The van der Waals surface area contributed by atoms with Gasteiger partial charge in [0, 0.05) is 6.04 Å².